The zero-order valence-electron chi connectivity index (χ0n) is 6.29. The third-order valence-corrected chi connectivity index (χ3v) is 4.55. The molecule has 0 aromatic carbocycles. The quantitative estimate of drug-likeness (QED) is 0.477. The molecule has 0 N–H and O–H groups in total. The molecule has 10 heavy (non-hydrogen) atoms. The monoisotopic (exact) mass is 134 g/mol. The summed E-state index contributed by atoms with van der Waals surface area (Å²) in [4.78, 5) is 0. The Labute approximate surface area is 62.0 Å². The highest BCUT2D eigenvalue weighted by molar-refractivity contribution is 5.13. The highest BCUT2D eigenvalue weighted by Crippen LogP contribution is 2.72. The first-order valence-corrected chi connectivity index (χ1v) is 4.93. The van der Waals surface area contributed by atoms with Gasteiger partial charge in [0, 0.05) is 0 Å². The van der Waals surface area contributed by atoms with Crippen molar-refractivity contribution in [2.45, 2.75) is 25.7 Å². The first-order valence-electron chi connectivity index (χ1n) is 4.93. The fourth-order valence-corrected chi connectivity index (χ4v) is 3.74. The maximum absolute atomic E-state index is 1.64. The van der Waals surface area contributed by atoms with E-state index in [0.717, 1.165) is 0 Å². The normalized spacial score (nSPS) is 74.4. The smallest absolute Gasteiger partial charge is 0.0349 e. The summed E-state index contributed by atoms with van der Waals surface area (Å²) in [5, 5.41) is 0. The lowest BCUT2D eigenvalue weighted by Gasteiger charge is -1.91. The topological polar surface area (TPSA) is 0 Å². The Hall–Kier alpha value is 0. The van der Waals surface area contributed by atoms with Crippen LogP contribution in [0, 0.1) is 35.5 Å². The fraction of sp³-hybridized carbons (Fsp3) is 1.00. The molecule has 4 rings (SSSR count). The average Bonchev–Trinajstić information content (AvgIpc) is 2.62. The molecule has 6 atom stereocenters. The molecule has 0 bridgehead atoms. The van der Waals surface area contributed by atoms with Crippen LogP contribution in [0.4, 0.5) is 0 Å². The van der Waals surface area contributed by atoms with Crippen LogP contribution in [0.25, 0.3) is 0 Å². The first kappa shape index (κ1) is 4.79. The van der Waals surface area contributed by atoms with E-state index >= 15 is 0 Å². The largest absolute Gasteiger partial charge is 0.0470 e. The maximum atomic E-state index is 1.64. The van der Waals surface area contributed by atoms with Crippen LogP contribution in [0.3, 0.4) is 0 Å². The molecule has 4 aliphatic carbocycles. The van der Waals surface area contributed by atoms with Crippen molar-refractivity contribution in [2.24, 2.45) is 35.5 Å². The van der Waals surface area contributed by atoms with E-state index in [1.54, 1.807) is 25.7 Å². The third-order valence-electron chi connectivity index (χ3n) is 4.55. The first-order chi connectivity index (χ1) is 4.93. The Morgan fingerprint density at radius 3 is 1.70 bits per heavy atom. The third kappa shape index (κ3) is 0.436. The molecule has 0 saturated heterocycles. The van der Waals surface area contributed by atoms with E-state index in [1.165, 1.54) is 35.5 Å². The van der Waals surface area contributed by atoms with Crippen molar-refractivity contribution in [3.63, 3.8) is 0 Å². The van der Waals surface area contributed by atoms with E-state index in [0.29, 0.717) is 0 Å². The zero-order valence-corrected chi connectivity index (χ0v) is 6.29. The van der Waals surface area contributed by atoms with Gasteiger partial charge in [0.25, 0.3) is 0 Å². The van der Waals surface area contributed by atoms with Crippen LogP contribution < -0.4 is 0 Å². The van der Waals surface area contributed by atoms with E-state index < -0.39 is 0 Å². The van der Waals surface area contributed by atoms with Crippen LogP contribution >= 0.6 is 0 Å². The lowest BCUT2D eigenvalue weighted by molar-refractivity contribution is 0.576. The van der Waals surface area contributed by atoms with Gasteiger partial charge in [0.05, 0.1) is 0 Å². The Morgan fingerprint density at radius 2 is 1.10 bits per heavy atom. The minimum absolute atomic E-state index is 1.23. The molecule has 0 heterocycles. The van der Waals surface area contributed by atoms with Crippen LogP contribution in [0.1, 0.15) is 25.7 Å². The highest BCUT2D eigenvalue weighted by Gasteiger charge is 2.64. The summed E-state index contributed by atoms with van der Waals surface area (Å²) in [7, 11) is 0. The molecule has 6 unspecified atom stereocenters. The second kappa shape index (κ2) is 1.19. The predicted molar refractivity (Wildman–Crippen MR) is 39.4 cm³/mol. The van der Waals surface area contributed by atoms with Crippen molar-refractivity contribution in [1.29, 1.82) is 0 Å². The van der Waals surface area contributed by atoms with Crippen molar-refractivity contribution in [3.05, 3.63) is 0 Å². The molecule has 0 spiro atoms. The number of hydrogen-bond acceptors (Lipinski definition) is 0. The molecular weight excluding hydrogens is 120 g/mol. The lowest BCUT2D eigenvalue weighted by atomic mass is 10.1. The molecule has 0 aliphatic heterocycles. The molecule has 0 aromatic heterocycles. The zero-order chi connectivity index (χ0) is 6.29. The highest BCUT2D eigenvalue weighted by atomic mass is 14.7. The van der Waals surface area contributed by atoms with Crippen LogP contribution in [-0.2, 0) is 0 Å². The summed E-state index contributed by atoms with van der Waals surface area (Å²) >= 11 is 0. The van der Waals surface area contributed by atoms with Gasteiger partial charge >= 0.3 is 0 Å². The van der Waals surface area contributed by atoms with Gasteiger partial charge in [-0.2, -0.15) is 0 Å². The van der Waals surface area contributed by atoms with Crippen LogP contribution in [0.2, 0.25) is 0 Å². The van der Waals surface area contributed by atoms with Gasteiger partial charge in [0.2, 0.25) is 0 Å². The van der Waals surface area contributed by atoms with Crippen molar-refractivity contribution in [3.8, 4) is 0 Å². The van der Waals surface area contributed by atoms with Gasteiger partial charge in [0.15, 0.2) is 0 Å². The summed E-state index contributed by atoms with van der Waals surface area (Å²) in [5.41, 5.74) is 0. The molecule has 4 aliphatic rings. The van der Waals surface area contributed by atoms with Crippen molar-refractivity contribution >= 4 is 0 Å². The van der Waals surface area contributed by atoms with Gasteiger partial charge in [-0.25, -0.2) is 0 Å². The molecule has 0 aromatic rings. The van der Waals surface area contributed by atoms with Gasteiger partial charge in [-0.1, -0.05) is 0 Å². The summed E-state index contributed by atoms with van der Waals surface area (Å²) in [6.07, 6.45) is 6.54. The number of hydrogen-bond donors (Lipinski definition) is 0. The second-order valence-electron chi connectivity index (χ2n) is 5.12. The molecule has 4 fully saturated rings. The number of rotatable bonds is 0. The Kier molecular flexibility index (Phi) is 0.570. The van der Waals surface area contributed by atoms with Gasteiger partial charge in [0.1, 0.15) is 0 Å². The fourth-order valence-electron chi connectivity index (χ4n) is 3.74. The van der Waals surface area contributed by atoms with Gasteiger partial charge in [-0.3, -0.25) is 0 Å². The summed E-state index contributed by atoms with van der Waals surface area (Å²) in [6, 6.07) is 0. The van der Waals surface area contributed by atoms with Crippen molar-refractivity contribution in [1.82, 2.24) is 0 Å². The minimum Gasteiger partial charge on any atom is -0.0470 e. The summed E-state index contributed by atoms with van der Waals surface area (Å²) in [5.74, 6) is 7.46. The lowest BCUT2D eigenvalue weighted by Crippen LogP contribution is -1.85. The summed E-state index contributed by atoms with van der Waals surface area (Å²) < 4.78 is 0. The molecule has 54 valence electrons. The minimum atomic E-state index is 1.23. The molecule has 0 heteroatoms. The maximum Gasteiger partial charge on any atom is -0.0349 e. The molecule has 0 amide bonds. The summed E-state index contributed by atoms with van der Waals surface area (Å²) in [6.45, 7) is 0. The molecule has 4 saturated carbocycles. The average molecular weight is 134 g/mol. The second-order valence-corrected chi connectivity index (χ2v) is 5.12. The van der Waals surface area contributed by atoms with Crippen molar-refractivity contribution < 1.29 is 0 Å². The van der Waals surface area contributed by atoms with Crippen LogP contribution in [-0.4, -0.2) is 0 Å². The van der Waals surface area contributed by atoms with E-state index in [9.17, 15) is 0 Å². The van der Waals surface area contributed by atoms with E-state index in [4.69, 9.17) is 0 Å². The standard InChI is InChI=1S/C10H14/c1-5-2-7(5)9-4-10(9)8-3-6(1)8/h5-10H,1-4H2. The van der Waals surface area contributed by atoms with Crippen LogP contribution in [0.5, 0.6) is 0 Å². The van der Waals surface area contributed by atoms with E-state index in [-0.39, 0.29) is 0 Å². The van der Waals surface area contributed by atoms with E-state index in [1.807, 2.05) is 0 Å². The van der Waals surface area contributed by atoms with Gasteiger partial charge in [-0.05, 0) is 61.2 Å². The Morgan fingerprint density at radius 1 is 0.500 bits per heavy atom. The number of fused-ring (bicyclic) bond motifs is 5. The van der Waals surface area contributed by atoms with Gasteiger partial charge in [-0.15, -0.1) is 0 Å². The predicted octanol–water partition coefficient (Wildman–Crippen LogP) is 2.30. The Balaban J connectivity index is 1.72. The Bertz CT molecular complexity index is 176. The van der Waals surface area contributed by atoms with Crippen LogP contribution in [0.15, 0.2) is 0 Å². The van der Waals surface area contributed by atoms with Crippen molar-refractivity contribution in [2.75, 3.05) is 0 Å². The molecule has 0 nitrogen and oxygen atoms in total. The SMILES string of the molecule is C1C2CC2C2CC2C2CC12. The van der Waals surface area contributed by atoms with Gasteiger partial charge < -0.3 is 0 Å². The van der Waals surface area contributed by atoms with E-state index in [2.05, 4.69) is 0 Å². The molecule has 0 radical (unpaired) electrons. The molecular formula is C10H14.